The monoisotopic (exact) mass is 433 g/mol. The standard InChI is InChI=1S/C23H20ClN5O2/c1-14(2)17-6-4-16(5-7-17)13-26-27-22(30)21-15(3)20(12-25)23(31)29(28-21)19-10-8-18(24)9-11-19/h4-11,13-14H,1-3H3,(H,27,30)/b26-13+. The van der Waals surface area contributed by atoms with Crippen molar-refractivity contribution >= 4 is 23.7 Å². The summed E-state index contributed by atoms with van der Waals surface area (Å²) in [5.74, 6) is -0.211. The van der Waals surface area contributed by atoms with Crippen LogP contribution in [0.5, 0.6) is 0 Å². The number of nitriles is 1. The fourth-order valence-corrected chi connectivity index (χ4v) is 3.02. The van der Waals surface area contributed by atoms with E-state index in [0.717, 1.165) is 10.2 Å². The zero-order valence-corrected chi connectivity index (χ0v) is 18.0. The molecule has 0 aliphatic carbocycles. The second kappa shape index (κ2) is 9.37. The maximum absolute atomic E-state index is 12.7. The van der Waals surface area contributed by atoms with Gasteiger partial charge in [-0.2, -0.15) is 20.1 Å². The lowest BCUT2D eigenvalue weighted by Crippen LogP contribution is -2.31. The van der Waals surface area contributed by atoms with Crippen LogP contribution in [-0.4, -0.2) is 21.9 Å². The Balaban J connectivity index is 1.89. The van der Waals surface area contributed by atoms with Gasteiger partial charge in [0.25, 0.3) is 11.5 Å². The van der Waals surface area contributed by atoms with Crippen molar-refractivity contribution in [2.75, 3.05) is 0 Å². The third-order valence-corrected chi connectivity index (χ3v) is 4.97. The Kier molecular flexibility index (Phi) is 6.63. The molecule has 3 aromatic rings. The van der Waals surface area contributed by atoms with Crippen LogP contribution in [0.3, 0.4) is 0 Å². The number of benzene rings is 2. The molecule has 0 aliphatic rings. The normalized spacial score (nSPS) is 11.0. The molecule has 0 radical (unpaired) electrons. The molecular formula is C23H20ClN5O2. The maximum atomic E-state index is 12.7. The summed E-state index contributed by atoms with van der Waals surface area (Å²) in [5, 5.41) is 18.1. The number of aromatic nitrogens is 2. The Morgan fingerprint density at radius 2 is 1.84 bits per heavy atom. The van der Waals surface area contributed by atoms with E-state index in [1.807, 2.05) is 30.3 Å². The predicted molar refractivity (Wildman–Crippen MR) is 120 cm³/mol. The number of carbonyl (C=O) groups excluding carboxylic acids is 1. The molecule has 1 aromatic heterocycles. The largest absolute Gasteiger partial charge is 0.292 e. The number of carbonyl (C=O) groups is 1. The summed E-state index contributed by atoms with van der Waals surface area (Å²) in [6.07, 6.45) is 1.51. The highest BCUT2D eigenvalue weighted by atomic mass is 35.5. The molecule has 1 N–H and O–H groups in total. The lowest BCUT2D eigenvalue weighted by Gasteiger charge is -2.10. The van der Waals surface area contributed by atoms with Crippen molar-refractivity contribution in [2.24, 2.45) is 5.10 Å². The minimum absolute atomic E-state index is 0.0709. The van der Waals surface area contributed by atoms with Crippen molar-refractivity contribution in [3.63, 3.8) is 0 Å². The molecule has 156 valence electrons. The number of rotatable bonds is 5. The van der Waals surface area contributed by atoms with E-state index in [2.05, 4.69) is 29.5 Å². The first kappa shape index (κ1) is 21.9. The van der Waals surface area contributed by atoms with Gasteiger partial charge < -0.3 is 0 Å². The van der Waals surface area contributed by atoms with E-state index in [-0.39, 0.29) is 16.8 Å². The highest BCUT2D eigenvalue weighted by molar-refractivity contribution is 6.30. The van der Waals surface area contributed by atoms with Crippen LogP contribution in [0.15, 0.2) is 58.4 Å². The Labute approximate surface area is 184 Å². The van der Waals surface area contributed by atoms with Gasteiger partial charge in [-0.15, -0.1) is 0 Å². The third-order valence-electron chi connectivity index (χ3n) is 4.72. The molecular weight excluding hydrogens is 414 g/mol. The minimum Gasteiger partial charge on any atom is -0.266 e. The van der Waals surface area contributed by atoms with Gasteiger partial charge in [-0.1, -0.05) is 49.7 Å². The van der Waals surface area contributed by atoms with Crippen molar-refractivity contribution in [1.82, 2.24) is 15.2 Å². The zero-order chi connectivity index (χ0) is 22.5. The summed E-state index contributed by atoms with van der Waals surface area (Å²) < 4.78 is 1.01. The summed E-state index contributed by atoms with van der Waals surface area (Å²) in [5.41, 5.74) is 4.14. The first-order valence-electron chi connectivity index (χ1n) is 9.55. The molecule has 3 rings (SSSR count). The SMILES string of the molecule is Cc1c(C(=O)N/N=C/c2ccc(C(C)C)cc2)nn(-c2ccc(Cl)cc2)c(=O)c1C#N. The molecule has 0 fully saturated rings. The number of nitrogens with one attached hydrogen (secondary N) is 1. The van der Waals surface area contributed by atoms with E-state index in [1.165, 1.54) is 18.7 Å². The molecule has 0 saturated carbocycles. The Morgan fingerprint density at radius 3 is 2.42 bits per heavy atom. The number of hydrazone groups is 1. The molecule has 0 bridgehead atoms. The van der Waals surface area contributed by atoms with Crippen LogP contribution < -0.4 is 11.0 Å². The second-order valence-electron chi connectivity index (χ2n) is 7.17. The lowest BCUT2D eigenvalue weighted by molar-refractivity contribution is 0.0947. The van der Waals surface area contributed by atoms with Gasteiger partial charge in [0.15, 0.2) is 5.69 Å². The van der Waals surface area contributed by atoms with Crippen molar-refractivity contribution in [2.45, 2.75) is 26.7 Å². The molecule has 7 nitrogen and oxygen atoms in total. The van der Waals surface area contributed by atoms with Crippen LogP contribution >= 0.6 is 11.6 Å². The number of halogens is 1. The van der Waals surface area contributed by atoms with Gasteiger partial charge in [-0.25, -0.2) is 5.43 Å². The van der Waals surface area contributed by atoms with E-state index >= 15 is 0 Å². The van der Waals surface area contributed by atoms with Crippen molar-refractivity contribution in [3.05, 3.63) is 91.9 Å². The predicted octanol–water partition coefficient (Wildman–Crippen LogP) is 3.95. The molecule has 8 heteroatoms. The van der Waals surface area contributed by atoms with E-state index in [9.17, 15) is 14.9 Å². The van der Waals surface area contributed by atoms with E-state index in [4.69, 9.17) is 11.6 Å². The van der Waals surface area contributed by atoms with Crippen molar-refractivity contribution in [3.8, 4) is 11.8 Å². The molecule has 0 unspecified atom stereocenters. The van der Waals surface area contributed by atoms with Gasteiger partial charge >= 0.3 is 0 Å². The van der Waals surface area contributed by atoms with Crippen LogP contribution in [0.4, 0.5) is 0 Å². The molecule has 1 heterocycles. The van der Waals surface area contributed by atoms with Gasteiger partial charge in [0.1, 0.15) is 11.6 Å². The van der Waals surface area contributed by atoms with Crippen LogP contribution in [0.1, 0.15) is 52.5 Å². The van der Waals surface area contributed by atoms with Gasteiger partial charge in [0.05, 0.1) is 11.9 Å². The number of hydrogen-bond acceptors (Lipinski definition) is 5. The van der Waals surface area contributed by atoms with Crippen LogP contribution in [0.2, 0.25) is 5.02 Å². The van der Waals surface area contributed by atoms with Crippen molar-refractivity contribution < 1.29 is 4.79 Å². The average molecular weight is 434 g/mol. The number of nitrogens with zero attached hydrogens (tertiary/aromatic N) is 4. The lowest BCUT2D eigenvalue weighted by atomic mass is 10.0. The van der Waals surface area contributed by atoms with Crippen LogP contribution in [0.25, 0.3) is 5.69 Å². The Hall–Kier alpha value is -3.76. The summed E-state index contributed by atoms with van der Waals surface area (Å²) in [4.78, 5) is 25.3. The highest BCUT2D eigenvalue weighted by Gasteiger charge is 2.20. The summed E-state index contributed by atoms with van der Waals surface area (Å²) in [6, 6.07) is 16.0. The first-order valence-corrected chi connectivity index (χ1v) is 9.93. The van der Waals surface area contributed by atoms with E-state index in [0.29, 0.717) is 16.6 Å². The number of hydrogen-bond donors (Lipinski definition) is 1. The average Bonchev–Trinajstić information content (AvgIpc) is 2.75. The van der Waals surface area contributed by atoms with E-state index < -0.39 is 11.5 Å². The van der Waals surface area contributed by atoms with Gasteiger partial charge in [0, 0.05) is 10.6 Å². The fourth-order valence-electron chi connectivity index (χ4n) is 2.90. The third kappa shape index (κ3) is 4.87. The molecule has 0 saturated heterocycles. The molecule has 31 heavy (non-hydrogen) atoms. The van der Waals surface area contributed by atoms with Gasteiger partial charge in [0.2, 0.25) is 0 Å². The first-order chi connectivity index (χ1) is 14.8. The van der Waals surface area contributed by atoms with Gasteiger partial charge in [-0.3, -0.25) is 9.59 Å². The fraction of sp³-hybridized carbons (Fsp3) is 0.174. The topological polar surface area (TPSA) is 100 Å². The Bertz CT molecular complexity index is 1240. The quantitative estimate of drug-likeness (QED) is 0.486. The number of amides is 1. The summed E-state index contributed by atoms with van der Waals surface area (Å²) >= 11 is 5.90. The Morgan fingerprint density at radius 1 is 1.19 bits per heavy atom. The molecule has 1 amide bonds. The van der Waals surface area contributed by atoms with Crippen LogP contribution in [0, 0.1) is 18.3 Å². The van der Waals surface area contributed by atoms with Crippen molar-refractivity contribution in [1.29, 1.82) is 5.26 Å². The summed E-state index contributed by atoms with van der Waals surface area (Å²) in [7, 11) is 0. The molecule has 0 atom stereocenters. The maximum Gasteiger partial charge on any atom is 0.292 e. The van der Waals surface area contributed by atoms with E-state index in [1.54, 1.807) is 24.3 Å². The minimum atomic E-state index is -0.633. The molecule has 0 spiro atoms. The molecule has 0 aliphatic heterocycles. The highest BCUT2D eigenvalue weighted by Crippen LogP contribution is 2.15. The second-order valence-corrected chi connectivity index (χ2v) is 7.61. The zero-order valence-electron chi connectivity index (χ0n) is 17.3. The molecule has 2 aromatic carbocycles. The van der Waals surface area contributed by atoms with Gasteiger partial charge in [-0.05, 0) is 48.2 Å². The van der Waals surface area contributed by atoms with Crippen LogP contribution in [-0.2, 0) is 0 Å². The summed E-state index contributed by atoms with van der Waals surface area (Å²) in [6.45, 7) is 5.72. The smallest absolute Gasteiger partial charge is 0.266 e.